The molecule has 0 fully saturated rings. The van der Waals surface area contributed by atoms with Crippen molar-refractivity contribution >= 4 is 5.91 Å². The fourth-order valence-electron chi connectivity index (χ4n) is 3.39. The van der Waals surface area contributed by atoms with Crippen molar-refractivity contribution in [2.45, 2.75) is 13.1 Å². The first-order chi connectivity index (χ1) is 14.1. The molecule has 4 heteroatoms. The number of methoxy groups -OCH3 is 1. The molecule has 0 atom stereocenters. The second kappa shape index (κ2) is 9.89. The molecule has 3 aromatic carbocycles. The van der Waals surface area contributed by atoms with Crippen LogP contribution in [0.2, 0.25) is 0 Å². The van der Waals surface area contributed by atoms with Crippen LogP contribution >= 0.6 is 0 Å². The topological polar surface area (TPSA) is 32.8 Å². The van der Waals surface area contributed by atoms with Crippen molar-refractivity contribution in [2.24, 2.45) is 0 Å². The van der Waals surface area contributed by atoms with E-state index in [4.69, 9.17) is 4.74 Å². The molecule has 0 spiro atoms. The summed E-state index contributed by atoms with van der Waals surface area (Å²) in [6.45, 7) is 1.64. The molecule has 0 bridgehead atoms. The Balaban J connectivity index is 1.62. The van der Waals surface area contributed by atoms with Gasteiger partial charge in [0.2, 0.25) is 5.91 Å². The van der Waals surface area contributed by atoms with Crippen molar-refractivity contribution in [3.05, 3.63) is 90.0 Å². The zero-order chi connectivity index (χ0) is 20.6. The molecule has 0 N–H and O–H groups in total. The molecule has 0 saturated carbocycles. The van der Waals surface area contributed by atoms with E-state index in [2.05, 4.69) is 35.2 Å². The van der Waals surface area contributed by atoms with Crippen molar-refractivity contribution in [1.29, 1.82) is 0 Å². The maximum Gasteiger partial charge on any atom is 0.236 e. The fraction of sp³-hybridized carbons (Fsp3) is 0.240. The predicted molar refractivity (Wildman–Crippen MR) is 118 cm³/mol. The van der Waals surface area contributed by atoms with Crippen LogP contribution in [0.4, 0.5) is 0 Å². The third-order valence-electron chi connectivity index (χ3n) is 4.93. The zero-order valence-electron chi connectivity index (χ0n) is 17.3. The van der Waals surface area contributed by atoms with E-state index in [1.165, 1.54) is 16.7 Å². The second-order valence-electron chi connectivity index (χ2n) is 7.30. The quantitative estimate of drug-likeness (QED) is 0.571. The van der Waals surface area contributed by atoms with Crippen LogP contribution in [0.1, 0.15) is 11.1 Å². The lowest BCUT2D eigenvalue weighted by atomic mass is 9.99. The molecule has 3 aromatic rings. The van der Waals surface area contributed by atoms with Gasteiger partial charge in [0, 0.05) is 20.1 Å². The molecular formula is C25H28N2O2. The summed E-state index contributed by atoms with van der Waals surface area (Å²) in [5.74, 6) is 0.894. The van der Waals surface area contributed by atoms with Gasteiger partial charge in [0.15, 0.2) is 0 Å². The van der Waals surface area contributed by atoms with Gasteiger partial charge in [0.25, 0.3) is 0 Å². The van der Waals surface area contributed by atoms with Gasteiger partial charge in [-0.2, -0.15) is 0 Å². The highest BCUT2D eigenvalue weighted by atomic mass is 16.5. The maximum absolute atomic E-state index is 12.7. The molecular weight excluding hydrogens is 360 g/mol. The monoisotopic (exact) mass is 388 g/mol. The summed E-state index contributed by atoms with van der Waals surface area (Å²) in [7, 11) is 5.48. The number of rotatable bonds is 8. The van der Waals surface area contributed by atoms with Crippen LogP contribution in [0.5, 0.6) is 5.75 Å². The van der Waals surface area contributed by atoms with Crippen molar-refractivity contribution in [1.82, 2.24) is 9.80 Å². The van der Waals surface area contributed by atoms with Gasteiger partial charge >= 0.3 is 0 Å². The number of carbonyl (C=O) groups excluding carboxylic acids is 1. The highest BCUT2D eigenvalue weighted by Gasteiger charge is 2.14. The molecule has 0 radical (unpaired) electrons. The van der Waals surface area contributed by atoms with Crippen LogP contribution in [0.3, 0.4) is 0 Å². The third-order valence-corrected chi connectivity index (χ3v) is 4.93. The smallest absolute Gasteiger partial charge is 0.236 e. The SMILES string of the molecule is COc1cccc(CN(C)C(=O)CN(C)Cc2ccccc2-c2ccccc2)c1. The molecule has 0 aliphatic heterocycles. The Bertz CT molecular complexity index is 940. The van der Waals surface area contributed by atoms with Crippen LogP contribution < -0.4 is 4.74 Å². The zero-order valence-corrected chi connectivity index (χ0v) is 17.3. The van der Waals surface area contributed by atoms with Gasteiger partial charge in [-0.3, -0.25) is 9.69 Å². The van der Waals surface area contributed by atoms with E-state index >= 15 is 0 Å². The summed E-state index contributed by atoms with van der Waals surface area (Å²) in [5, 5.41) is 0. The lowest BCUT2D eigenvalue weighted by Gasteiger charge is -2.23. The maximum atomic E-state index is 12.7. The van der Waals surface area contributed by atoms with Gasteiger partial charge in [-0.05, 0) is 41.4 Å². The van der Waals surface area contributed by atoms with Crippen LogP contribution in [-0.2, 0) is 17.9 Å². The predicted octanol–water partition coefficient (Wildman–Crippen LogP) is 4.45. The lowest BCUT2D eigenvalue weighted by Crippen LogP contribution is -2.36. The average molecular weight is 389 g/mol. The Hall–Kier alpha value is -3.11. The highest BCUT2D eigenvalue weighted by molar-refractivity contribution is 5.78. The highest BCUT2D eigenvalue weighted by Crippen LogP contribution is 2.24. The van der Waals surface area contributed by atoms with Crippen molar-refractivity contribution in [3.8, 4) is 16.9 Å². The Morgan fingerprint density at radius 2 is 1.59 bits per heavy atom. The average Bonchev–Trinajstić information content (AvgIpc) is 2.74. The second-order valence-corrected chi connectivity index (χ2v) is 7.30. The van der Waals surface area contributed by atoms with Crippen LogP contribution in [0.15, 0.2) is 78.9 Å². The molecule has 4 nitrogen and oxygen atoms in total. The molecule has 1 amide bonds. The first-order valence-corrected chi connectivity index (χ1v) is 9.75. The van der Waals surface area contributed by atoms with E-state index in [-0.39, 0.29) is 5.91 Å². The molecule has 0 unspecified atom stereocenters. The van der Waals surface area contributed by atoms with Crippen LogP contribution in [0, 0.1) is 0 Å². The standard InChI is InChI=1S/C25H28N2O2/c1-26(18-22-13-7-8-15-24(22)21-11-5-4-6-12-21)19-25(28)27(2)17-20-10-9-14-23(16-20)29-3/h4-16H,17-19H2,1-3H3. The van der Waals surface area contributed by atoms with Gasteiger partial charge in [-0.25, -0.2) is 0 Å². The van der Waals surface area contributed by atoms with Crippen molar-refractivity contribution < 1.29 is 9.53 Å². The summed E-state index contributed by atoms with van der Waals surface area (Å²) in [4.78, 5) is 16.5. The number of likely N-dealkylation sites (N-methyl/N-ethyl adjacent to an activating group) is 2. The number of nitrogens with zero attached hydrogens (tertiary/aromatic N) is 2. The summed E-state index contributed by atoms with van der Waals surface area (Å²) in [6, 6.07) is 26.5. The van der Waals surface area contributed by atoms with Crippen molar-refractivity contribution in [3.63, 3.8) is 0 Å². The van der Waals surface area contributed by atoms with E-state index in [1.807, 2.05) is 62.6 Å². The molecule has 0 aromatic heterocycles. The molecule has 29 heavy (non-hydrogen) atoms. The molecule has 150 valence electrons. The number of benzene rings is 3. The summed E-state index contributed by atoms with van der Waals surface area (Å²) < 4.78 is 5.26. The number of ether oxygens (including phenoxy) is 1. The minimum absolute atomic E-state index is 0.0903. The van der Waals surface area contributed by atoms with Gasteiger partial charge in [0.1, 0.15) is 5.75 Å². The Kier molecular flexibility index (Phi) is 7.04. The summed E-state index contributed by atoms with van der Waals surface area (Å²) in [6.07, 6.45) is 0. The Morgan fingerprint density at radius 1 is 0.862 bits per heavy atom. The van der Waals surface area contributed by atoms with E-state index in [9.17, 15) is 4.79 Å². The van der Waals surface area contributed by atoms with E-state index in [0.29, 0.717) is 19.6 Å². The number of amides is 1. The minimum atomic E-state index is 0.0903. The lowest BCUT2D eigenvalue weighted by molar-refractivity contribution is -0.131. The first-order valence-electron chi connectivity index (χ1n) is 9.75. The van der Waals surface area contributed by atoms with Gasteiger partial charge < -0.3 is 9.64 Å². The molecule has 0 aliphatic rings. The Labute approximate surface area is 173 Å². The first kappa shape index (κ1) is 20.6. The third kappa shape index (κ3) is 5.69. The molecule has 3 rings (SSSR count). The molecule has 0 aliphatic carbocycles. The van der Waals surface area contributed by atoms with E-state index in [0.717, 1.165) is 11.3 Å². The summed E-state index contributed by atoms with van der Waals surface area (Å²) >= 11 is 0. The van der Waals surface area contributed by atoms with Crippen molar-refractivity contribution in [2.75, 3.05) is 27.7 Å². The van der Waals surface area contributed by atoms with Gasteiger partial charge in [-0.15, -0.1) is 0 Å². The normalized spacial score (nSPS) is 10.8. The molecule has 0 heterocycles. The van der Waals surface area contributed by atoms with Gasteiger partial charge in [0.05, 0.1) is 13.7 Å². The van der Waals surface area contributed by atoms with E-state index < -0.39 is 0 Å². The van der Waals surface area contributed by atoms with E-state index in [1.54, 1.807) is 12.0 Å². The fourth-order valence-corrected chi connectivity index (χ4v) is 3.39. The number of carbonyl (C=O) groups is 1. The largest absolute Gasteiger partial charge is 0.497 e. The van der Waals surface area contributed by atoms with Crippen LogP contribution in [-0.4, -0.2) is 43.5 Å². The minimum Gasteiger partial charge on any atom is -0.497 e. The Morgan fingerprint density at radius 3 is 2.34 bits per heavy atom. The van der Waals surface area contributed by atoms with Gasteiger partial charge in [-0.1, -0.05) is 66.7 Å². The molecule has 0 saturated heterocycles. The van der Waals surface area contributed by atoms with Crippen LogP contribution in [0.25, 0.3) is 11.1 Å². The number of hydrogen-bond donors (Lipinski definition) is 0. The number of hydrogen-bond acceptors (Lipinski definition) is 3. The summed E-state index contributed by atoms with van der Waals surface area (Å²) in [5.41, 5.74) is 4.66.